The van der Waals surface area contributed by atoms with Gasteiger partial charge in [-0.25, -0.2) is 4.79 Å². The molecule has 4 nitrogen and oxygen atoms in total. The molecule has 1 aliphatic heterocycles. The Balaban J connectivity index is 1.90. The molecular formula is C14H20N2O2. The van der Waals surface area contributed by atoms with Crippen molar-refractivity contribution in [3.8, 4) is 0 Å². The number of nitrogens with one attached hydrogen (secondary N) is 1. The Labute approximate surface area is 108 Å². The molecular weight excluding hydrogens is 228 g/mol. The van der Waals surface area contributed by atoms with Crippen LogP contribution in [0.2, 0.25) is 0 Å². The van der Waals surface area contributed by atoms with Gasteiger partial charge in [-0.2, -0.15) is 0 Å². The van der Waals surface area contributed by atoms with Crippen LogP contribution in [-0.4, -0.2) is 37.0 Å². The van der Waals surface area contributed by atoms with E-state index in [9.17, 15) is 4.79 Å². The predicted molar refractivity (Wildman–Crippen MR) is 70.4 cm³/mol. The van der Waals surface area contributed by atoms with Crippen LogP contribution in [-0.2, 0) is 4.74 Å². The van der Waals surface area contributed by atoms with Crippen LogP contribution >= 0.6 is 0 Å². The number of benzene rings is 1. The molecule has 2 rings (SSSR count). The molecule has 1 heterocycles. The zero-order chi connectivity index (χ0) is 13.0. The van der Waals surface area contributed by atoms with Gasteiger partial charge in [-0.1, -0.05) is 32.0 Å². The fourth-order valence-electron chi connectivity index (χ4n) is 2.19. The van der Waals surface area contributed by atoms with Gasteiger partial charge < -0.3 is 9.64 Å². The molecule has 0 aliphatic carbocycles. The van der Waals surface area contributed by atoms with Crippen LogP contribution in [0.4, 0.5) is 0 Å². The number of carbonyl (C=O) groups excluding carboxylic acids is 1. The summed E-state index contributed by atoms with van der Waals surface area (Å²) in [6.45, 7) is 8.15. The highest BCUT2D eigenvalue weighted by Gasteiger charge is 2.29. The second kappa shape index (κ2) is 5.98. The average molecular weight is 248 g/mol. The van der Waals surface area contributed by atoms with Crippen molar-refractivity contribution >= 4 is 5.97 Å². The summed E-state index contributed by atoms with van der Waals surface area (Å²) in [7, 11) is 0. The van der Waals surface area contributed by atoms with E-state index in [-0.39, 0.29) is 12.2 Å². The number of fused-ring (bicyclic) bond motifs is 1. The number of hydrogen-bond acceptors (Lipinski definition) is 4. The Kier molecular flexibility index (Phi) is 4.33. The highest BCUT2D eigenvalue weighted by atomic mass is 16.6. The van der Waals surface area contributed by atoms with Crippen LogP contribution in [0.5, 0.6) is 0 Å². The first-order valence-corrected chi connectivity index (χ1v) is 6.52. The maximum Gasteiger partial charge on any atom is 0.340 e. The number of rotatable bonds is 6. The van der Waals surface area contributed by atoms with Crippen LogP contribution in [0.1, 0.15) is 36.0 Å². The van der Waals surface area contributed by atoms with E-state index in [4.69, 9.17) is 4.74 Å². The van der Waals surface area contributed by atoms with Crippen molar-refractivity contribution < 1.29 is 9.53 Å². The first-order valence-electron chi connectivity index (χ1n) is 6.52. The molecule has 1 atom stereocenters. The zero-order valence-corrected chi connectivity index (χ0v) is 11.0. The van der Waals surface area contributed by atoms with E-state index >= 15 is 0 Å². The smallest absolute Gasteiger partial charge is 0.340 e. The lowest BCUT2D eigenvalue weighted by molar-refractivity contribution is 0.0303. The first-order chi connectivity index (χ1) is 8.76. The molecule has 0 aromatic heterocycles. The number of cyclic esters (lactones) is 1. The summed E-state index contributed by atoms with van der Waals surface area (Å²) in [5, 5.41) is 3.28. The Morgan fingerprint density at radius 1 is 1.28 bits per heavy atom. The molecule has 1 aromatic carbocycles. The molecule has 0 amide bonds. The van der Waals surface area contributed by atoms with Gasteiger partial charge in [-0.15, -0.1) is 0 Å². The first kappa shape index (κ1) is 13.1. The molecule has 1 N–H and O–H groups in total. The molecule has 1 aromatic rings. The number of ether oxygens (including phenoxy) is 1. The van der Waals surface area contributed by atoms with Gasteiger partial charge in [-0.3, -0.25) is 5.32 Å². The lowest BCUT2D eigenvalue weighted by atomic mass is 10.1. The molecule has 98 valence electrons. The third-order valence-corrected chi connectivity index (χ3v) is 3.34. The SMILES string of the molecule is CCN(CC)CCNC1OC(=O)c2ccccc21. The third-order valence-electron chi connectivity index (χ3n) is 3.34. The Morgan fingerprint density at radius 3 is 2.72 bits per heavy atom. The van der Waals surface area contributed by atoms with E-state index in [1.807, 2.05) is 24.3 Å². The summed E-state index contributed by atoms with van der Waals surface area (Å²) in [5.41, 5.74) is 1.62. The second-order valence-corrected chi connectivity index (χ2v) is 4.35. The zero-order valence-electron chi connectivity index (χ0n) is 11.0. The second-order valence-electron chi connectivity index (χ2n) is 4.35. The number of carbonyl (C=O) groups is 1. The van der Waals surface area contributed by atoms with E-state index in [0.29, 0.717) is 5.56 Å². The van der Waals surface area contributed by atoms with Crippen molar-refractivity contribution in [2.75, 3.05) is 26.2 Å². The Morgan fingerprint density at radius 2 is 2.00 bits per heavy atom. The maximum atomic E-state index is 11.6. The van der Waals surface area contributed by atoms with Gasteiger partial charge in [0.25, 0.3) is 0 Å². The summed E-state index contributed by atoms with van der Waals surface area (Å²) in [4.78, 5) is 13.9. The van der Waals surface area contributed by atoms with Crippen LogP contribution in [0.25, 0.3) is 0 Å². The van der Waals surface area contributed by atoms with Crippen molar-refractivity contribution in [2.45, 2.75) is 20.1 Å². The number of hydrogen-bond donors (Lipinski definition) is 1. The molecule has 0 saturated heterocycles. The molecule has 18 heavy (non-hydrogen) atoms. The fraction of sp³-hybridized carbons (Fsp3) is 0.500. The molecule has 0 fully saturated rings. The minimum absolute atomic E-state index is 0.231. The number of likely N-dealkylation sites (N-methyl/N-ethyl adjacent to an activating group) is 1. The number of esters is 1. The normalized spacial score (nSPS) is 17.9. The molecule has 0 saturated carbocycles. The van der Waals surface area contributed by atoms with Crippen molar-refractivity contribution in [1.29, 1.82) is 0 Å². The third kappa shape index (κ3) is 2.71. The van der Waals surface area contributed by atoms with Gasteiger partial charge in [0.2, 0.25) is 0 Å². The summed E-state index contributed by atoms with van der Waals surface area (Å²) >= 11 is 0. The summed E-state index contributed by atoms with van der Waals surface area (Å²) in [6.07, 6.45) is -0.288. The monoisotopic (exact) mass is 248 g/mol. The van der Waals surface area contributed by atoms with E-state index in [2.05, 4.69) is 24.1 Å². The molecule has 0 spiro atoms. The van der Waals surface area contributed by atoms with E-state index in [0.717, 1.165) is 31.7 Å². The fourth-order valence-corrected chi connectivity index (χ4v) is 2.19. The van der Waals surface area contributed by atoms with E-state index in [1.54, 1.807) is 0 Å². The molecule has 4 heteroatoms. The van der Waals surface area contributed by atoms with Crippen LogP contribution < -0.4 is 5.32 Å². The molecule has 1 unspecified atom stereocenters. The lowest BCUT2D eigenvalue weighted by Crippen LogP contribution is -2.33. The Hall–Kier alpha value is -1.39. The summed E-state index contributed by atoms with van der Waals surface area (Å²) < 4.78 is 5.31. The van der Waals surface area contributed by atoms with E-state index in [1.165, 1.54) is 0 Å². The molecule has 0 radical (unpaired) electrons. The van der Waals surface area contributed by atoms with Gasteiger partial charge in [0.15, 0.2) is 6.23 Å². The van der Waals surface area contributed by atoms with Gasteiger partial charge in [0.05, 0.1) is 5.56 Å². The summed E-state index contributed by atoms with van der Waals surface area (Å²) in [6, 6.07) is 7.54. The maximum absolute atomic E-state index is 11.6. The predicted octanol–water partition coefficient (Wildman–Crippen LogP) is 1.79. The van der Waals surface area contributed by atoms with Crippen molar-refractivity contribution in [3.05, 3.63) is 35.4 Å². The largest absolute Gasteiger partial charge is 0.439 e. The Bertz CT molecular complexity index is 416. The summed E-state index contributed by atoms with van der Waals surface area (Å²) in [5.74, 6) is -0.231. The van der Waals surface area contributed by atoms with Crippen LogP contribution in [0.15, 0.2) is 24.3 Å². The van der Waals surface area contributed by atoms with Gasteiger partial charge in [-0.05, 0) is 19.2 Å². The highest BCUT2D eigenvalue weighted by molar-refractivity contribution is 5.93. The quantitative estimate of drug-likeness (QED) is 0.779. The average Bonchev–Trinajstić information content (AvgIpc) is 2.72. The minimum atomic E-state index is -0.288. The lowest BCUT2D eigenvalue weighted by Gasteiger charge is -2.20. The molecule has 0 bridgehead atoms. The van der Waals surface area contributed by atoms with Gasteiger partial charge in [0.1, 0.15) is 0 Å². The highest BCUT2D eigenvalue weighted by Crippen LogP contribution is 2.27. The number of nitrogens with zero attached hydrogens (tertiary/aromatic N) is 1. The standard InChI is InChI=1S/C14H20N2O2/c1-3-16(4-2)10-9-15-13-11-7-5-6-8-12(11)14(17)18-13/h5-8,13,15H,3-4,9-10H2,1-2H3. The van der Waals surface area contributed by atoms with Gasteiger partial charge >= 0.3 is 5.97 Å². The van der Waals surface area contributed by atoms with Crippen LogP contribution in [0, 0.1) is 0 Å². The molecule has 1 aliphatic rings. The van der Waals surface area contributed by atoms with Crippen molar-refractivity contribution in [3.63, 3.8) is 0 Å². The van der Waals surface area contributed by atoms with Crippen molar-refractivity contribution in [2.24, 2.45) is 0 Å². The van der Waals surface area contributed by atoms with Crippen molar-refractivity contribution in [1.82, 2.24) is 10.2 Å². The minimum Gasteiger partial charge on any atom is -0.439 e. The van der Waals surface area contributed by atoms with E-state index < -0.39 is 0 Å². The topological polar surface area (TPSA) is 41.6 Å². The van der Waals surface area contributed by atoms with Crippen LogP contribution in [0.3, 0.4) is 0 Å². The van der Waals surface area contributed by atoms with Gasteiger partial charge in [0, 0.05) is 18.7 Å².